The van der Waals surface area contributed by atoms with Gasteiger partial charge >= 0.3 is 0 Å². The van der Waals surface area contributed by atoms with Crippen LogP contribution in [0.2, 0.25) is 0 Å². The fraction of sp³-hybridized carbons (Fsp3) is 0.231. The third-order valence-electron chi connectivity index (χ3n) is 2.67. The Morgan fingerprint density at radius 2 is 2.20 bits per heavy atom. The Kier molecular flexibility index (Phi) is 4.93. The number of nitrogens with zero attached hydrogens (tertiary/aromatic N) is 2. The second kappa shape index (κ2) is 6.89. The summed E-state index contributed by atoms with van der Waals surface area (Å²) in [4.78, 5) is 11.0. The van der Waals surface area contributed by atoms with Gasteiger partial charge in [0, 0.05) is 22.9 Å². The van der Waals surface area contributed by atoms with Gasteiger partial charge in [-0.25, -0.2) is 9.97 Å². The van der Waals surface area contributed by atoms with E-state index < -0.39 is 0 Å². The molecule has 0 aromatic carbocycles. The van der Waals surface area contributed by atoms with Gasteiger partial charge in [0.15, 0.2) is 0 Å². The first-order chi connectivity index (χ1) is 9.83. The Morgan fingerprint density at radius 3 is 3.05 bits per heavy atom. The molecule has 104 valence electrons. The van der Waals surface area contributed by atoms with E-state index in [1.54, 1.807) is 29.0 Å². The minimum Gasteiger partial charge on any atom is -0.369 e. The number of rotatable bonds is 6. The molecule has 3 aromatic rings. The van der Waals surface area contributed by atoms with Crippen LogP contribution in [0.3, 0.4) is 0 Å². The topological polar surface area (TPSA) is 37.8 Å². The first-order valence-corrected chi connectivity index (χ1v) is 9.71. The van der Waals surface area contributed by atoms with Crippen LogP contribution in [0.15, 0.2) is 33.7 Å². The Hall–Kier alpha value is -0.630. The maximum Gasteiger partial charge on any atom is 0.138 e. The summed E-state index contributed by atoms with van der Waals surface area (Å²) in [6.45, 7) is 0.916. The second-order valence-electron chi connectivity index (χ2n) is 4.05. The lowest BCUT2D eigenvalue weighted by Crippen LogP contribution is -2.06. The number of thiophene rings is 2. The Labute approximate surface area is 138 Å². The molecule has 3 heterocycles. The number of fused-ring (bicyclic) bond motifs is 1. The molecule has 3 aromatic heterocycles. The van der Waals surface area contributed by atoms with Crippen molar-refractivity contribution in [2.24, 2.45) is 0 Å². The van der Waals surface area contributed by atoms with Gasteiger partial charge < -0.3 is 5.32 Å². The molecule has 0 saturated carbocycles. The molecule has 3 nitrogen and oxygen atoms in total. The summed E-state index contributed by atoms with van der Waals surface area (Å²) in [5.41, 5.74) is 0. The predicted molar refractivity (Wildman–Crippen MR) is 94.1 cm³/mol. The third-order valence-corrected chi connectivity index (χ3v) is 6.31. The number of anilines is 1. The average molecular weight is 386 g/mol. The van der Waals surface area contributed by atoms with Crippen LogP contribution < -0.4 is 5.32 Å². The van der Waals surface area contributed by atoms with Crippen molar-refractivity contribution in [1.29, 1.82) is 0 Å². The van der Waals surface area contributed by atoms with E-state index in [0.29, 0.717) is 0 Å². The molecule has 0 radical (unpaired) electrons. The van der Waals surface area contributed by atoms with Crippen molar-refractivity contribution < 1.29 is 0 Å². The van der Waals surface area contributed by atoms with Gasteiger partial charge in [0.25, 0.3) is 0 Å². The molecule has 0 spiro atoms. The first kappa shape index (κ1) is 14.3. The average Bonchev–Trinajstić information content (AvgIpc) is 3.07. The lowest BCUT2D eigenvalue weighted by molar-refractivity contribution is 1.15. The molecule has 0 atom stereocenters. The van der Waals surface area contributed by atoms with E-state index in [1.165, 1.54) is 8.66 Å². The fourth-order valence-electron chi connectivity index (χ4n) is 1.77. The summed E-state index contributed by atoms with van der Waals surface area (Å²) in [5, 5.41) is 6.56. The SMILES string of the molecule is Brc1ccc(CSCCNc2ncnc3sccc23)s1. The molecule has 0 aliphatic carbocycles. The zero-order chi connectivity index (χ0) is 13.8. The molecule has 0 aliphatic rings. The molecular formula is C13H12BrN3S3. The number of hydrogen-bond acceptors (Lipinski definition) is 6. The van der Waals surface area contributed by atoms with E-state index in [1.807, 2.05) is 17.1 Å². The minimum atomic E-state index is 0.916. The van der Waals surface area contributed by atoms with Gasteiger partial charge in [0.1, 0.15) is 17.0 Å². The highest BCUT2D eigenvalue weighted by Crippen LogP contribution is 2.26. The van der Waals surface area contributed by atoms with E-state index >= 15 is 0 Å². The number of nitrogens with one attached hydrogen (secondary N) is 1. The minimum absolute atomic E-state index is 0.916. The van der Waals surface area contributed by atoms with Crippen LogP contribution in [0.5, 0.6) is 0 Å². The molecule has 0 saturated heterocycles. The van der Waals surface area contributed by atoms with Gasteiger partial charge in [-0.15, -0.1) is 22.7 Å². The molecule has 0 amide bonds. The number of aromatic nitrogens is 2. The molecule has 20 heavy (non-hydrogen) atoms. The van der Waals surface area contributed by atoms with Crippen molar-refractivity contribution in [1.82, 2.24) is 9.97 Å². The van der Waals surface area contributed by atoms with Crippen molar-refractivity contribution >= 4 is 66.4 Å². The number of halogens is 1. The fourth-order valence-corrected chi connectivity index (χ4v) is 4.96. The summed E-state index contributed by atoms with van der Waals surface area (Å²) in [6, 6.07) is 6.35. The number of thioether (sulfide) groups is 1. The lowest BCUT2D eigenvalue weighted by atomic mass is 10.4. The highest BCUT2D eigenvalue weighted by Gasteiger charge is 2.03. The summed E-state index contributed by atoms with van der Waals surface area (Å²) in [5.74, 6) is 3.07. The Morgan fingerprint density at radius 1 is 1.25 bits per heavy atom. The van der Waals surface area contributed by atoms with Crippen LogP contribution in [0, 0.1) is 0 Å². The molecule has 0 fully saturated rings. The van der Waals surface area contributed by atoms with Crippen molar-refractivity contribution in [2.75, 3.05) is 17.6 Å². The molecule has 0 unspecified atom stereocenters. The van der Waals surface area contributed by atoms with Crippen LogP contribution in [0.1, 0.15) is 4.88 Å². The van der Waals surface area contributed by atoms with Crippen LogP contribution in [-0.4, -0.2) is 22.3 Å². The van der Waals surface area contributed by atoms with E-state index in [9.17, 15) is 0 Å². The first-order valence-electron chi connectivity index (χ1n) is 6.07. The Balaban J connectivity index is 1.47. The maximum absolute atomic E-state index is 4.31. The standard InChI is InChI=1S/C13H12BrN3S3/c14-11-2-1-9(20-11)7-18-6-4-15-12-10-3-5-19-13(10)17-8-16-12/h1-3,5,8H,4,6-7H2,(H,15,16,17). The van der Waals surface area contributed by atoms with Gasteiger partial charge in [-0.1, -0.05) is 0 Å². The molecule has 1 N–H and O–H groups in total. The quantitative estimate of drug-likeness (QED) is 0.614. The second-order valence-corrected chi connectivity index (χ2v) is 8.59. The van der Waals surface area contributed by atoms with Crippen LogP contribution in [0.25, 0.3) is 10.2 Å². The highest BCUT2D eigenvalue weighted by molar-refractivity contribution is 9.11. The van der Waals surface area contributed by atoms with E-state index in [0.717, 1.165) is 34.1 Å². The molecule has 0 aliphatic heterocycles. The number of hydrogen-bond donors (Lipinski definition) is 1. The van der Waals surface area contributed by atoms with Gasteiger partial charge in [0.2, 0.25) is 0 Å². The van der Waals surface area contributed by atoms with Gasteiger partial charge in [0.05, 0.1) is 9.17 Å². The molecular weight excluding hydrogens is 374 g/mol. The predicted octanol–water partition coefficient (Wildman–Crippen LogP) is 4.86. The van der Waals surface area contributed by atoms with Crippen molar-refractivity contribution in [3.63, 3.8) is 0 Å². The Bertz CT molecular complexity index is 695. The zero-order valence-corrected chi connectivity index (χ0v) is 14.5. The van der Waals surface area contributed by atoms with E-state index in [4.69, 9.17) is 0 Å². The molecule has 0 bridgehead atoms. The van der Waals surface area contributed by atoms with Crippen LogP contribution in [-0.2, 0) is 5.75 Å². The van der Waals surface area contributed by atoms with Crippen LogP contribution >= 0.6 is 50.4 Å². The molecule has 7 heteroatoms. The lowest BCUT2D eigenvalue weighted by Gasteiger charge is -2.05. The molecule has 3 rings (SSSR count). The normalized spacial score (nSPS) is 11.1. The summed E-state index contributed by atoms with van der Waals surface area (Å²) in [7, 11) is 0. The highest BCUT2D eigenvalue weighted by atomic mass is 79.9. The van der Waals surface area contributed by atoms with Gasteiger partial charge in [-0.3, -0.25) is 0 Å². The van der Waals surface area contributed by atoms with Gasteiger partial charge in [-0.05, 0) is 39.5 Å². The van der Waals surface area contributed by atoms with E-state index in [-0.39, 0.29) is 0 Å². The summed E-state index contributed by atoms with van der Waals surface area (Å²) >= 11 is 8.87. The van der Waals surface area contributed by atoms with Crippen molar-refractivity contribution in [3.05, 3.63) is 38.6 Å². The van der Waals surface area contributed by atoms with E-state index in [2.05, 4.69) is 49.4 Å². The van der Waals surface area contributed by atoms with Crippen molar-refractivity contribution in [3.8, 4) is 0 Å². The monoisotopic (exact) mass is 385 g/mol. The van der Waals surface area contributed by atoms with Gasteiger partial charge in [-0.2, -0.15) is 11.8 Å². The summed E-state index contributed by atoms with van der Waals surface area (Å²) in [6.07, 6.45) is 1.62. The third kappa shape index (κ3) is 3.52. The zero-order valence-electron chi connectivity index (χ0n) is 10.5. The van der Waals surface area contributed by atoms with Crippen LogP contribution in [0.4, 0.5) is 5.82 Å². The summed E-state index contributed by atoms with van der Waals surface area (Å²) < 4.78 is 1.20. The smallest absolute Gasteiger partial charge is 0.138 e. The largest absolute Gasteiger partial charge is 0.369 e. The van der Waals surface area contributed by atoms with Crippen molar-refractivity contribution in [2.45, 2.75) is 5.75 Å². The maximum atomic E-state index is 4.31.